The summed E-state index contributed by atoms with van der Waals surface area (Å²) >= 11 is 0. The number of furan rings is 1. The van der Waals surface area contributed by atoms with Crippen LogP contribution in [0.3, 0.4) is 0 Å². The van der Waals surface area contributed by atoms with E-state index in [2.05, 4.69) is 22.3 Å². The summed E-state index contributed by atoms with van der Waals surface area (Å²) in [5.74, 6) is 0.488. The van der Waals surface area contributed by atoms with Crippen LogP contribution in [0.25, 0.3) is 11.0 Å². The van der Waals surface area contributed by atoms with Gasteiger partial charge in [0.2, 0.25) is 11.5 Å². The molecule has 1 fully saturated rings. The van der Waals surface area contributed by atoms with E-state index in [-0.39, 0.29) is 17.2 Å². The fourth-order valence-corrected chi connectivity index (χ4v) is 4.81. The van der Waals surface area contributed by atoms with Gasteiger partial charge in [-0.2, -0.15) is 0 Å². The number of anilines is 1. The molecule has 0 saturated carbocycles. The minimum Gasteiger partial charge on any atom is -0.493 e. The zero-order valence-electron chi connectivity index (χ0n) is 22.2. The molecular formula is C30H31N3O6. The van der Waals surface area contributed by atoms with Crippen LogP contribution in [0.15, 0.2) is 71.1 Å². The Morgan fingerprint density at radius 2 is 1.49 bits per heavy atom. The number of methoxy groups -OCH3 is 3. The third-order valence-corrected chi connectivity index (χ3v) is 6.86. The van der Waals surface area contributed by atoms with Crippen molar-refractivity contribution in [3.05, 3.63) is 83.6 Å². The topological polar surface area (TPSA) is 93.5 Å². The molecule has 0 radical (unpaired) electrons. The van der Waals surface area contributed by atoms with Crippen molar-refractivity contribution in [2.75, 3.05) is 52.8 Å². The van der Waals surface area contributed by atoms with Gasteiger partial charge >= 0.3 is 0 Å². The van der Waals surface area contributed by atoms with E-state index < -0.39 is 5.91 Å². The number of nitrogens with one attached hydrogen (secondary N) is 1. The Hall–Kier alpha value is -4.50. The van der Waals surface area contributed by atoms with E-state index in [1.807, 2.05) is 36.4 Å². The first-order chi connectivity index (χ1) is 19.0. The van der Waals surface area contributed by atoms with Gasteiger partial charge in [-0.1, -0.05) is 42.5 Å². The lowest BCUT2D eigenvalue weighted by atomic mass is 10.1. The smallest absolute Gasteiger partial charge is 0.291 e. The SMILES string of the molecule is COc1cc(C(=O)Nc2c(C(=O)N3CCN(Cc4ccccc4)CC3)oc3ccccc23)cc(OC)c1OC. The Kier molecular flexibility index (Phi) is 7.69. The molecule has 3 aromatic carbocycles. The number of amides is 2. The maximum Gasteiger partial charge on any atom is 0.291 e. The van der Waals surface area contributed by atoms with Gasteiger partial charge in [-0.15, -0.1) is 0 Å². The number of fused-ring (bicyclic) bond motifs is 1. The lowest BCUT2D eigenvalue weighted by molar-refractivity contribution is 0.0601. The van der Waals surface area contributed by atoms with Gasteiger partial charge in [0.05, 0.1) is 21.3 Å². The Labute approximate surface area is 226 Å². The maximum absolute atomic E-state index is 13.7. The molecule has 2 heterocycles. The molecule has 1 aliphatic rings. The largest absolute Gasteiger partial charge is 0.493 e. The quantitative estimate of drug-likeness (QED) is 0.355. The average molecular weight is 530 g/mol. The highest BCUT2D eigenvalue weighted by atomic mass is 16.5. The number of carbonyl (C=O) groups excluding carboxylic acids is 2. The van der Waals surface area contributed by atoms with E-state index >= 15 is 0 Å². The zero-order valence-corrected chi connectivity index (χ0v) is 22.2. The van der Waals surface area contributed by atoms with Crippen molar-refractivity contribution in [2.24, 2.45) is 0 Å². The summed E-state index contributed by atoms with van der Waals surface area (Å²) in [6, 6.07) is 20.7. The van der Waals surface area contributed by atoms with Crippen molar-refractivity contribution in [1.29, 1.82) is 0 Å². The summed E-state index contributed by atoms with van der Waals surface area (Å²) in [6.45, 7) is 3.44. The maximum atomic E-state index is 13.7. The van der Waals surface area contributed by atoms with Crippen LogP contribution in [-0.4, -0.2) is 69.1 Å². The molecule has 0 unspecified atom stereocenters. The first-order valence-corrected chi connectivity index (χ1v) is 12.7. The highest BCUT2D eigenvalue weighted by Gasteiger charge is 2.29. The van der Waals surface area contributed by atoms with Crippen LogP contribution in [0, 0.1) is 0 Å². The third-order valence-electron chi connectivity index (χ3n) is 6.86. The van der Waals surface area contributed by atoms with Gasteiger partial charge in [-0.25, -0.2) is 0 Å². The minimum atomic E-state index is -0.442. The molecule has 39 heavy (non-hydrogen) atoms. The first-order valence-electron chi connectivity index (χ1n) is 12.7. The molecule has 4 aromatic rings. The average Bonchev–Trinajstić information content (AvgIpc) is 3.35. The highest BCUT2D eigenvalue weighted by molar-refractivity contribution is 6.14. The van der Waals surface area contributed by atoms with Gasteiger partial charge in [0, 0.05) is 43.7 Å². The fraction of sp³-hybridized carbons (Fsp3) is 0.267. The van der Waals surface area contributed by atoms with Crippen molar-refractivity contribution < 1.29 is 28.2 Å². The second-order valence-electron chi connectivity index (χ2n) is 9.22. The number of para-hydroxylation sites is 1. The number of rotatable bonds is 8. The second-order valence-corrected chi connectivity index (χ2v) is 9.22. The summed E-state index contributed by atoms with van der Waals surface area (Å²) in [4.78, 5) is 31.2. The zero-order chi connectivity index (χ0) is 27.4. The summed E-state index contributed by atoms with van der Waals surface area (Å²) in [7, 11) is 4.47. The van der Waals surface area contributed by atoms with Crippen molar-refractivity contribution in [1.82, 2.24) is 9.80 Å². The van der Waals surface area contributed by atoms with Gasteiger partial charge in [-0.05, 0) is 29.8 Å². The van der Waals surface area contributed by atoms with Crippen molar-refractivity contribution >= 4 is 28.5 Å². The van der Waals surface area contributed by atoms with Gasteiger partial charge in [0.15, 0.2) is 11.5 Å². The minimum absolute atomic E-state index is 0.105. The number of piperazine rings is 1. The fourth-order valence-electron chi connectivity index (χ4n) is 4.81. The molecule has 0 atom stereocenters. The number of benzene rings is 3. The van der Waals surface area contributed by atoms with Crippen molar-refractivity contribution in [3.8, 4) is 17.2 Å². The normalized spacial score (nSPS) is 13.8. The molecular weight excluding hydrogens is 498 g/mol. The molecule has 5 rings (SSSR count). The Morgan fingerprint density at radius 3 is 2.13 bits per heavy atom. The summed E-state index contributed by atoms with van der Waals surface area (Å²) in [6.07, 6.45) is 0. The highest BCUT2D eigenvalue weighted by Crippen LogP contribution is 2.39. The number of ether oxygens (including phenoxy) is 3. The van der Waals surface area contributed by atoms with E-state index in [4.69, 9.17) is 18.6 Å². The third kappa shape index (κ3) is 5.39. The van der Waals surface area contributed by atoms with Gasteiger partial charge in [0.1, 0.15) is 11.3 Å². The van der Waals surface area contributed by atoms with Gasteiger partial charge in [-0.3, -0.25) is 14.5 Å². The van der Waals surface area contributed by atoms with Crippen molar-refractivity contribution in [2.45, 2.75) is 6.54 Å². The van der Waals surface area contributed by atoms with Crippen LogP contribution in [0.4, 0.5) is 5.69 Å². The van der Waals surface area contributed by atoms with Crippen LogP contribution >= 0.6 is 0 Å². The van der Waals surface area contributed by atoms with Crippen LogP contribution in [0.1, 0.15) is 26.5 Å². The second kappa shape index (κ2) is 11.5. The molecule has 9 nitrogen and oxygen atoms in total. The molecule has 9 heteroatoms. The number of hydrogen-bond acceptors (Lipinski definition) is 7. The summed E-state index contributed by atoms with van der Waals surface area (Å²) in [5.41, 5.74) is 2.37. The summed E-state index contributed by atoms with van der Waals surface area (Å²) in [5, 5.41) is 3.55. The monoisotopic (exact) mass is 529 g/mol. The van der Waals surface area contributed by atoms with E-state index in [9.17, 15) is 9.59 Å². The predicted molar refractivity (Wildman–Crippen MR) is 148 cm³/mol. The van der Waals surface area contributed by atoms with Crippen LogP contribution in [0.2, 0.25) is 0 Å². The number of nitrogens with zero attached hydrogens (tertiary/aromatic N) is 2. The predicted octanol–water partition coefficient (Wildman–Crippen LogP) is 4.67. The molecule has 1 aliphatic heterocycles. The van der Waals surface area contributed by atoms with Gasteiger partial charge in [0.25, 0.3) is 11.8 Å². The number of hydrogen-bond donors (Lipinski definition) is 1. The van der Waals surface area contributed by atoms with Crippen LogP contribution < -0.4 is 19.5 Å². The van der Waals surface area contributed by atoms with Crippen LogP contribution in [-0.2, 0) is 6.54 Å². The first kappa shape index (κ1) is 26.1. The molecule has 0 bridgehead atoms. The Balaban J connectivity index is 1.38. The number of carbonyl (C=O) groups is 2. The molecule has 202 valence electrons. The molecule has 2 amide bonds. The standard InChI is InChI=1S/C30H31N3O6/c1-36-24-17-21(18-25(37-2)27(24)38-3)29(34)31-26-22-11-7-8-12-23(22)39-28(26)30(35)33-15-13-32(14-16-33)19-20-9-5-4-6-10-20/h4-12,17-18H,13-16,19H2,1-3H3,(H,31,34). The van der Waals surface area contributed by atoms with E-state index in [0.717, 1.165) is 19.6 Å². The molecule has 0 spiro atoms. The van der Waals surface area contributed by atoms with Gasteiger partial charge < -0.3 is 28.8 Å². The Bertz CT molecular complexity index is 1450. The lowest BCUT2D eigenvalue weighted by Gasteiger charge is -2.34. The lowest BCUT2D eigenvalue weighted by Crippen LogP contribution is -2.48. The molecule has 1 aromatic heterocycles. The van der Waals surface area contributed by atoms with Crippen molar-refractivity contribution in [3.63, 3.8) is 0 Å². The molecule has 1 N–H and O–H groups in total. The van der Waals surface area contributed by atoms with E-state index in [0.29, 0.717) is 47.0 Å². The van der Waals surface area contributed by atoms with Crippen LogP contribution in [0.5, 0.6) is 17.2 Å². The molecule has 1 saturated heterocycles. The Morgan fingerprint density at radius 1 is 0.846 bits per heavy atom. The van der Waals surface area contributed by atoms with E-state index in [1.165, 1.54) is 26.9 Å². The summed E-state index contributed by atoms with van der Waals surface area (Å²) < 4.78 is 22.2. The molecule has 0 aliphatic carbocycles. The van der Waals surface area contributed by atoms with E-state index in [1.54, 1.807) is 23.1 Å².